The van der Waals surface area contributed by atoms with Gasteiger partial charge in [0.2, 0.25) is 0 Å². The summed E-state index contributed by atoms with van der Waals surface area (Å²) in [4.78, 5) is 4.99. The lowest BCUT2D eigenvalue weighted by Crippen LogP contribution is -2.53. The number of fused-ring (bicyclic) bond motifs is 2. The van der Waals surface area contributed by atoms with Gasteiger partial charge in [0.15, 0.2) is 11.5 Å². The van der Waals surface area contributed by atoms with Gasteiger partial charge in [-0.15, -0.1) is 0 Å². The number of para-hydroxylation sites is 1. The van der Waals surface area contributed by atoms with Crippen LogP contribution in [0.25, 0.3) is 0 Å². The van der Waals surface area contributed by atoms with Gasteiger partial charge < -0.3 is 19.3 Å². The summed E-state index contributed by atoms with van der Waals surface area (Å²) in [5.74, 6) is 3.08. The molecule has 4 aliphatic rings. The van der Waals surface area contributed by atoms with Gasteiger partial charge in [-0.25, -0.2) is 0 Å². The molecule has 5 rings (SSSR count). The third-order valence-corrected chi connectivity index (χ3v) is 6.74. The first-order valence-corrected chi connectivity index (χ1v) is 10.4. The molecule has 3 fully saturated rings. The number of nitrogens with zero attached hydrogens (tertiary/aromatic N) is 2. The SMILES string of the molecule is O[C@@H]1C[C@H]2CN(Cc3cccc4c3OCCO4)C[C@H]2C[C@H]1N1CCOCC1. The van der Waals surface area contributed by atoms with Crippen LogP contribution in [0, 0.1) is 11.8 Å². The maximum Gasteiger partial charge on any atom is 0.165 e. The number of hydrogen-bond acceptors (Lipinski definition) is 6. The first kappa shape index (κ1) is 17.7. The molecule has 0 spiro atoms. The van der Waals surface area contributed by atoms with E-state index in [2.05, 4.69) is 21.9 Å². The maximum atomic E-state index is 10.8. The lowest BCUT2D eigenvalue weighted by atomic mass is 9.77. The Hall–Kier alpha value is -1.34. The standard InChI is InChI=1S/C21H30N2O4/c24-19-11-17-14-22(12-15-2-1-3-20-21(15)27-9-8-26-20)13-16(17)10-18(19)23-4-6-25-7-5-23/h1-3,16-19,24H,4-14H2/t16-,17+,18-,19-/m1/s1. The fourth-order valence-corrected chi connectivity index (χ4v) is 5.43. The van der Waals surface area contributed by atoms with Crippen molar-refractivity contribution in [2.24, 2.45) is 11.8 Å². The van der Waals surface area contributed by atoms with E-state index in [1.165, 1.54) is 5.56 Å². The Morgan fingerprint density at radius 1 is 0.963 bits per heavy atom. The molecule has 3 aliphatic heterocycles. The number of aliphatic hydroxyl groups is 1. The number of benzene rings is 1. The summed E-state index contributed by atoms with van der Waals surface area (Å²) in [6.07, 6.45) is 1.83. The molecule has 6 heteroatoms. The first-order valence-electron chi connectivity index (χ1n) is 10.4. The third-order valence-electron chi connectivity index (χ3n) is 6.74. The molecule has 2 saturated heterocycles. The van der Waals surface area contributed by atoms with Crippen LogP contribution in [0.5, 0.6) is 11.5 Å². The van der Waals surface area contributed by atoms with Crippen LogP contribution in [0.3, 0.4) is 0 Å². The van der Waals surface area contributed by atoms with Crippen molar-refractivity contribution in [3.8, 4) is 11.5 Å². The Morgan fingerprint density at radius 2 is 1.74 bits per heavy atom. The molecule has 1 saturated carbocycles. The van der Waals surface area contributed by atoms with Gasteiger partial charge >= 0.3 is 0 Å². The minimum atomic E-state index is -0.203. The van der Waals surface area contributed by atoms with E-state index in [0.29, 0.717) is 31.1 Å². The van der Waals surface area contributed by atoms with Gasteiger partial charge in [-0.2, -0.15) is 0 Å². The summed E-state index contributed by atoms with van der Waals surface area (Å²) in [6.45, 7) is 7.85. The van der Waals surface area contributed by atoms with Crippen molar-refractivity contribution in [1.29, 1.82) is 0 Å². The highest BCUT2D eigenvalue weighted by Gasteiger charge is 2.43. The molecule has 1 N–H and O–H groups in total. The number of rotatable bonds is 3. The summed E-state index contributed by atoms with van der Waals surface area (Å²) < 4.78 is 17.1. The predicted molar refractivity (Wildman–Crippen MR) is 101 cm³/mol. The second-order valence-corrected chi connectivity index (χ2v) is 8.41. The van der Waals surface area contributed by atoms with Crippen molar-refractivity contribution in [1.82, 2.24) is 9.80 Å². The molecule has 4 atom stereocenters. The monoisotopic (exact) mass is 374 g/mol. The Bertz CT molecular complexity index is 664. The number of aliphatic hydroxyl groups excluding tert-OH is 1. The van der Waals surface area contributed by atoms with Gasteiger partial charge in [-0.1, -0.05) is 12.1 Å². The highest BCUT2D eigenvalue weighted by atomic mass is 16.6. The van der Waals surface area contributed by atoms with E-state index >= 15 is 0 Å². The lowest BCUT2D eigenvalue weighted by molar-refractivity contribution is -0.0520. The average molecular weight is 374 g/mol. The highest BCUT2D eigenvalue weighted by Crippen LogP contribution is 2.40. The molecule has 27 heavy (non-hydrogen) atoms. The second kappa shape index (κ2) is 7.59. The number of likely N-dealkylation sites (tertiary alicyclic amines) is 1. The molecule has 0 radical (unpaired) electrons. The molecule has 1 aromatic carbocycles. The molecule has 6 nitrogen and oxygen atoms in total. The molecule has 148 valence electrons. The number of hydrogen-bond donors (Lipinski definition) is 1. The van der Waals surface area contributed by atoms with E-state index in [-0.39, 0.29) is 6.10 Å². The Labute approximate surface area is 161 Å². The first-order chi connectivity index (χ1) is 13.3. The zero-order chi connectivity index (χ0) is 18.2. The Morgan fingerprint density at radius 3 is 2.59 bits per heavy atom. The van der Waals surface area contributed by atoms with Gasteiger partial charge in [0.1, 0.15) is 13.2 Å². The predicted octanol–water partition coefficient (Wildman–Crippen LogP) is 1.36. The molecular formula is C21H30N2O4. The van der Waals surface area contributed by atoms with Crippen molar-refractivity contribution < 1.29 is 19.3 Å². The zero-order valence-electron chi connectivity index (χ0n) is 15.9. The topological polar surface area (TPSA) is 54.4 Å². The minimum Gasteiger partial charge on any atom is -0.486 e. The largest absolute Gasteiger partial charge is 0.486 e. The Balaban J connectivity index is 1.25. The Kier molecular flexibility index (Phi) is 4.98. The van der Waals surface area contributed by atoms with E-state index in [0.717, 1.165) is 70.3 Å². The second-order valence-electron chi connectivity index (χ2n) is 8.41. The highest BCUT2D eigenvalue weighted by molar-refractivity contribution is 5.47. The molecule has 0 bridgehead atoms. The van der Waals surface area contributed by atoms with Crippen LogP contribution in [0.1, 0.15) is 18.4 Å². The normalized spacial score (nSPS) is 34.4. The van der Waals surface area contributed by atoms with Crippen molar-refractivity contribution in [3.63, 3.8) is 0 Å². The van der Waals surface area contributed by atoms with Gasteiger partial charge in [-0.3, -0.25) is 9.80 Å². The summed E-state index contributed by atoms with van der Waals surface area (Å²) in [7, 11) is 0. The van der Waals surface area contributed by atoms with Crippen LogP contribution in [0.2, 0.25) is 0 Å². The quantitative estimate of drug-likeness (QED) is 0.862. The van der Waals surface area contributed by atoms with E-state index in [9.17, 15) is 5.11 Å². The van der Waals surface area contributed by atoms with Crippen LogP contribution < -0.4 is 9.47 Å². The van der Waals surface area contributed by atoms with Gasteiger partial charge in [0.25, 0.3) is 0 Å². The number of ether oxygens (including phenoxy) is 3. The van der Waals surface area contributed by atoms with Crippen LogP contribution in [0.4, 0.5) is 0 Å². The van der Waals surface area contributed by atoms with Crippen molar-refractivity contribution in [2.75, 3.05) is 52.6 Å². The lowest BCUT2D eigenvalue weighted by Gasteiger charge is -2.43. The molecule has 0 unspecified atom stereocenters. The van der Waals surface area contributed by atoms with Crippen LogP contribution in [0.15, 0.2) is 18.2 Å². The molecule has 0 amide bonds. The molecule has 3 heterocycles. The van der Waals surface area contributed by atoms with Gasteiger partial charge in [-0.05, 0) is 30.7 Å². The van der Waals surface area contributed by atoms with E-state index in [1.807, 2.05) is 6.07 Å². The zero-order valence-corrected chi connectivity index (χ0v) is 15.9. The fraction of sp³-hybridized carbons (Fsp3) is 0.714. The molecule has 1 aromatic rings. The van der Waals surface area contributed by atoms with Gasteiger partial charge in [0, 0.05) is 44.3 Å². The third kappa shape index (κ3) is 3.56. The van der Waals surface area contributed by atoms with Gasteiger partial charge in [0.05, 0.1) is 19.3 Å². The van der Waals surface area contributed by atoms with E-state index in [1.54, 1.807) is 0 Å². The maximum absolute atomic E-state index is 10.8. The van der Waals surface area contributed by atoms with Crippen LogP contribution in [-0.2, 0) is 11.3 Å². The fourth-order valence-electron chi connectivity index (χ4n) is 5.43. The van der Waals surface area contributed by atoms with Crippen molar-refractivity contribution >= 4 is 0 Å². The smallest absolute Gasteiger partial charge is 0.165 e. The molecule has 1 aliphatic carbocycles. The summed E-state index contributed by atoms with van der Waals surface area (Å²) in [5, 5.41) is 10.8. The average Bonchev–Trinajstić information content (AvgIpc) is 3.09. The summed E-state index contributed by atoms with van der Waals surface area (Å²) in [5.41, 5.74) is 1.22. The molecular weight excluding hydrogens is 344 g/mol. The summed E-state index contributed by atoms with van der Waals surface area (Å²) in [6, 6.07) is 6.51. The van der Waals surface area contributed by atoms with Crippen molar-refractivity contribution in [2.45, 2.75) is 31.5 Å². The number of morpholine rings is 1. The van der Waals surface area contributed by atoms with E-state index < -0.39 is 0 Å². The van der Waals surface area contributed by atoms with Crippen LogP contribution >= 0.6 is 0 Å². The minimum absolute atomic E-state index is 0.203. The van der Waals surface area contributed by atoms with Crippen LogP contribution in [-0.4, -0.2) is 79.7 Å². The summed E-state index contributed by atoms with van der Waals surface area (Å²) >= 11 is 0. The van der Waals surface area contributed by atoms with E-state index in [4.69, 9.17) is 14.2 Å². The molecule has 0 aromatic heterocycles. The van der Waals surface area contributed by atoms with Crippen molar-refractivity contribution in [3.05, 3.63) is 23.8 Å².